The normalized spacial score (nSPS) is 32.5. The SMILES string of the molecule is CC1(CO)O[C@H](CCCCCCOC2CCCCO2)CC1=O. The second kappa shape index (κ2) is 8.96. The average molecular weight is 314 g/mol. The molecule has 2 fully saturated rings. The number of rotatable bonds is 9. The van der Waals surface area contributed by atoms with Crippen molar-refractivity contribution in [2.24, 2.45) is 0 Å². The highest BCUT2D eigenvalue weighted by Crippen LogP contribution is 2.29. The minimum Gasteiger partial charge on any atom is -0.393 e. The lowest BCUT2D eigenvalue weighted by atomic mass is 10.0. The summed E-state index contributed by atoms with van der Waals surface area (Å²) >= 11 is 0. The quantitative estimate of drug-likeness (QED) is 0.663. The topological polar surface area (TPSA) is 65.0 Å². The Morgan fingerprint density at radius 3 is 2.77 bits per heavy atom. The number of carbonyl (C=O) groups is 1. The second-order valence-corrected chi connectivity index (χ2v) is 6.63. The van der Waals surface area contributed by atoms with Gasteiger partial charge in [-0.25, -0.2) is 0 Å². The molecule has 2 rings (SSSR count). The van der Waals surface area contributed by atoms with Gasteiger partial charge in [-0.3, -0.25) is 4.79 Å². The molecule has 0 amide bonds. The van der Waals surface area contributed by atoms with E-state index in [1.54, 1.807) is 6.92 Å². The van der Waals surface area contributed by atoms with Gasteiger partial charge in [-0.15, -0.1) is 0 Å². The molecule has 0 bridgehead atoms. The standard InChI is InChI=1S/C17H30O5/c1-17(13-18)15(19)12-14(22-17)8-4-2-3-6-10-20-16-9-5-7-11-21-16/h14,16,18H,2-13H2,1H3/t14-,16?,17?/m1/s1. The van der Waals surface area contributed by atoms with Gasteiger partial charge in [0.05, 0.1) is 12.7 Å². The van der Waals surface area contributed by atoms with Gasteiger partial charge in [0.15, 0.2) is 12.1 Å². The van der Waals surface area contributed by atoms with Crippen molar-refractivity contribution < 1.29 is 24.1 Å². The Morgan fingerprint density at radius 1 is 1.27 bits per heavy atom. The van der Waals surface area contributed by atoms with E-state index in [0.717, 1.165) is 58.2 Å². The van der Waals surface area contributed by atoms with Crippen LogP contribution < -0.4 is 0 Å². The van der Waals surface area contributed by atoms with Crippen molar-refractivity contribution in [3.63, 3.8) is 0 Å². The second-order valence-electron chi connectivity index (χ2n) is 6.63. The predicted octanol–water partition coefficient (Wildman–Crippen LogP) is 2.59. The van der Waals surface area contributed by atoms with Crippen molar-refractivity contribution in [3.8, 4) is 0 Å². The van der Waals surface area contributed by atoms with Crippen LogP contribution in [0.1, 0.15) is 64.7 Å². The first kappa shape index (κ1) is 17.9. The van der Waals surface area contributed by atoms with Crippen LogP contribution in [0.3, 0.4) is 0 Å². The molecule has 2 unspecified atom stereocenters. The van der Waals surface area contributed by atoms with Gasteiger partial charge < -0.3 is 19.3 Å². The Hall–Kier alpha value is -0.490. The van der Waals surface area contributed by atoms with Gasteiger partial charge in [0.25, 0.3) is 0 Å². The van der Waals surface area contributed by atoms with Crippen molar-refractivity contribution in [1.29, 1.82) is 0 Å². The molecule has 0 spiro atoms. The lowest BCUT2D eigenvalue weighted by molar-refractivity contribution is -0.162. The molecule has 22 heavy (non-hydrogen) atoms. The number of hydrogen-bond donors (Lipinski definition) is 1. The molecule has 0 aromatic carbocycles. The largest absolute Gasteiger partial charge is 0.393 e. The van der Waals surface area contributed by atoms with Gasteiger partial charge in [0.2, 0.25) is 0 Å². The smallest absolute Gasteiger partial charge is 0.169 e. The first-order chi connectivity index (χ1) is 10.6. The van der Waals surface area contributed by atoms with E-state index >= 15 is 0 Å². The number of unbranched alkanes of at least 4 members (excludes halogenated alkanes) is 3. The van der Waals surface area contributed by atoms with Crippen molar-refractivity contribution in [3.05, 3.63) is 0 Å². The third kappa shape index (κ3) is 5.30. The lowest BCUT2D eigenvalue weighted by Gasteiger charge is -2.22. The first-order valence-electron chi connectivity index (χ1n) is 8.69. The Kier molecular flexibility index (Phi) is 7.28. The molecule has 2 aliphatic rings. The summed E-state index contributed by atoms with van der Waals surface area (Å²) < 4.78 is 16.9. The van der Waals surface area contributed by atoms with Crippen LogP contribution in [0.2, 0.25) is 0 Å². The fraction of sp³-hybridized carbons (Fsp3) is 0.941. The van der Waals surface area contributed by atoms with Crippen molar-refractivity contribution in [1.82, 2.24) is 0 Å². The molecule has 5 heteroatoms. The van der Waals surface area contributed by atoms with Gasteiger partial charge in [0.1, 0.15) is 5.60 Å². The predicted molar refractivity (Wildman–Crippen MR) is 82.6 cm³/mol. The molecule has 2 saturated heterocycles. The molecule has 128 valence electrons. The summed E-state index contributed by atoms with van der Waals surface area (Å²) in [6, 6.07) is 0. The molecule has 0 aliphatic carbocycles. The highest BCUT2D eigenvalue weighted by atomic mass is 16.7. The third-order valence-corrected chi connectivity index (χ3v) is 4.59. The van der Waals surface area contributed by atoms with Crippen LogP contribution >= 0.6 is 0 Å². The zero-order chi connectivity index (χ0) is 15.8. The highest BCUT2D eigenvalue weighted by Gasteiger charge is 2.43. The molecule has 2 heterocycles. The molecule has 0 aromatic rings. The van der Waals surface area contributed by atoms with E-state index in [-0.39, 0.29) is 24.8 Å². The third-order valence-electron chi connectivity index (χ3n) is 4.59. The summed E-state index contributed by atoms with van der Waals surface area (Å²) in [7, 11) is 0. The minimum absolute atomic E-state index is 0.0165. The number of carbonyl (C=O) groups excluding carboxylic acids is 1. The number of ketones is 1. The Balaban J connectivity index is 1.45. The van der Waals surface area contributed by atoms with Crippen LogP contribution in [-0.4, -0.2) is 48.7 Å². The summed E-state index contributed by atoms with van der Waals surface area (Å²) in [5.41, 5.74) is -0.960. The van der Waals surface area contributed by atoms with E-state index in [2.05, 4.69) is 0 Å². The molecule has 5 nitrogen and oxygen atoms in total. The van der Waals surface area contributed by atoms with E-state index in [1.807, 2.05) is 0 Å². The molecule has 1 N–H and O–H groups in total. The van der Waals surface area contributed by atoms with E-state index in [4.69, 9.17) is 14.2 Å². The van der Waals surface area contributed by atoms with Gasteiger partial charge in [0, 0.05) is 19.6 Å². The zero-order valence-electron chi connectivity index (χ0n) is 13.7. The van der Waals surface area contributed by atoms with Crippen LogP contribution in [0.5, 0.6) is 0 Å². The summed E-state index contributed by atoms with van der Waals surface area (Å²) in [6.45, 7) is 3.06. The number of Topliss-reactive ketones (excluding diaryl/α,β-unsaturated/α-hetero) is 1. The van der Waals surface area contributed by atoms with E-state index in [9.17, 15) is 9.90 Å². The van der Waals surface area contributed by atoms with E-state index in [1.165, 1.54) is 6.42 Å². The number of aliphatic hydroxyl groups excluding tert-OH is 1. The summed E-state index contributed by atoms with van der Waals surface area (Å²) in [6.07, 6.45) is 9.09. The average Bonchev–Trinajstić information content (AvgIpc) is 2.82. The maximum absolute atomic E-state index is 11.7. The summed E-state index contributed by atoms with van der Waals surface area (Å²) in [5, 5.41) is 9.22. The molecular weight excluding hydrogens is 284 g/mol. The zero-order valence-corrected chi connectivity index (χ0v) is 13.7. The van der Waals surface area contributed by atoms with Gasteiger partial charge in [-0.05, 0) is 39.0 Å². The first-order valence-corrected chi connectivity index (χ1v) is 8.69. The van der Waals surface area contributed by atoms with Gasteiger partial charge >= 0.3 is 0 Å². The number of ether oxygens (including phenoxy) is 3. The van der Waals surface area contributed by atoms with Crippen molar-refractivity contribution >= 4 is 5.78 Å². The molecular formula is C17H30O5. The summed E-state index contributed by atoms with van der Waals surface area (Å²) in [5.74, 6) is 0.0286. The van der Waals surface area contributed by atoms with Crippen LogP contribution in [0, 0.1) is 0 Å². The number of hydrogen-bond acceptors (Lipinski definition) is 5. The monoisotopic (exact) mass is 314 g/mol. The maximum atomic E-state index is 11.7. The van der Waals surface area contributed by atoms with Crippen LogP contribution in [0.4, 0.5) is 0 Å². The Labute approximate surface area is 133 Å². The molecule has 0 aromatic heterocycles. The van der Waals surface area contributed by atoms with Crippen molar-refractivity contribution in [2.75, 3.05) is 19.8 Å². The Morgan fingerprint density at radius 2 is 2.09 bits per heavy atom. The minimum atomic E-state index is -0.960. The van der Waals surface area contributed by atoms with Crippen LogP contribution in [0.15, 0.2) is 0 Å². The molecule has 0 radical (unpaired) electrons. The van der Waals surface area contributed by atoms with E-state index in [0.29, 0.717) is 6.42 Å². The fourth-order valence-electron chi connectivity index (χ4n) is 3.07. The fourth-order valence-corrected chi connectivity index (χ4v) is 3.07. The Bertz CT molecular complexity index is 340. The summed E-state index contributed by atoms with van der Waals surface area (Å²) in [4.78, 5) is 11.7. The van der Waals surface area contributed by atoms with Gasteiger partial charge in [-0.2, -0.15) is 0 Å². The maximum Gasteiger partial charge on any atom is 0.169 e. The van der Waals surface area contributed by atoms with Gasteiger partial charge in [-0.1, -0.05) is 19.3 Å². The van der Waals surface area contributed by atoms with Crippen molar-refractivity contribution in [2.45, 2.75) is 82.7 Å². The lowest BCUT2D eigenvalue weighted by Crippen LogP contribution is -2.36. The molecule has 2 aliphatic heterocycles. The van der Waals surface area contributed by atoms with E-state index < -0.39 is 5.60 Å². The molecule has 0 saturated carbocycles. The molecule has 3 atom stereocenters. The van der Waals surface area contributed by atoms with Crippen LogP contribution in [0.25, 0.3) is 0 Å². The number of aliphatic hydroxyl groups is 1. The van der Waals surface area contributed by atoms with Crippen LogP contribution in [-0.2, 0) is 19.0 Å². The highest BCUT2D eigenvalue weighted by molar-refractivity contribution is 5.89.